The third kappa shape index (κ3) is 4.41. The van der Waals surface area contributed by atoms with E-state index in [0.717, 1.165) is 39.3 Å². The second kappa shape index (κ2) is 7.54. The van der Waals surface area contributed by atoms with Gasteiger partial charge in [0.25, 0.3) is 0 Å². The Morgan fingerprint density at radius 2 is 1.14 bits per heavy atom. The van der Waals surface area contributed by atoms with Gasteiger partial charge in [0.05, 0.1) is 0 Å². The zero-order valence-electron chi connectivity index (χ0n) is 13.1. The molecule has 0 aliphatic carbocycles. The largest absolute Gasteiger partial charge is 0.325 e. The van der Waals surface area contributed by atoms with Crippen LogP contribution in [0.5, 0.6) is 0 Å². The van der Waals surface area contributed by atoms with Gasteiger partial charge in [-0.05, 0) is 11.1 Å². The van der Waals surface area contributed by atoms with Crippen molar-refractivity contribution in [1.29, 1.82) is 0 Å². The molecule has 0 amide bonds. The van der Waals surface area contributed by atoms with E-state index in [-0.39, 0.29) is 6.04 Å². The standard InChI is InChI=1S/C19H25N3/c20-19-15-21(13-17-7-3-1-4-8-17)11-12-22(16-19)14-18-9-5-2-6-10-18/h1-10,19H,11-16,20H2. The van der Waals surface area contributed by atoms with Crippen LogP contribution in [0.1, 0.15) is 11.1 Å². The Hall–Kier alpha value is -1.68. The fourth-order valence-electron chi connectivity index (χ4n) is 3.16. The van der Waals surface area contributed by atoms with Crippen LogP contribution < -0.4 is 5.73 Å². The minimum atomic E-state index is 0.218. The molecule has 116 valence electrons. The maximum atomic E-state index is 6.34. The molecule has 0 saturated carbocycles. The molecule has 0 radical (unpaired) electrons. The molecule has 1 aliphatic heterocycles. The maximum Gasteiger partial charge on any atom is 0.0297 e. The molecule has 2 aromatic carbocycles. The van der Waals surface area contributed by atoms with E-state index in [0.29, 0.717) is 0 Å². The van der Waals surface area contributed by atoms with E-state index < -0.39 is 0 Å². The minimum Gasteiger partial charge on any atom is -0.325 e. The van der Waals surface area contributed by atoms with Crippen LogP contribution in [0.3, 0.4) is 0 Å². The van der Waals surface area contributed by atoms with Crippen molar-refractivity contribution in [2.75, 3.05) is 26.2 Å². The highest BCUT2D eigenvalue weighted by Gasteiger charge is 2.20. The van der Waals surface area contributed by atoms with E-state index in [9.17, 15) is 0 Å². The van der Waals surface area contributed by atoms with Crippen LogP contribution in [0.25, 0.3) is 0 Å². The number of rotatable bonds is 4. The third-order valence-corrected chi connectivity index (χ3v) is 4.22. The van der Waals surface area contributed by atoms with Gasteiger partial charge in [-0.15, -0.1) is 0 Å². The average molecular weight is 295 g/mol. The van der Waals surface area contributed by atoms with Crippen LogP contribution in [0, 0.1) is 0 Å². The molecular weight excluding hydrogens is 270 g/mol. The Balaban J connectivity index is 1.58. The lowest BCUT2D eigenvalue weighted by Crippen LogP contribution is -2.39. The molecule has 1 aliphatic rings. The molecule has 22 heavy (non-hydrogen) atoms. The van der Waals surface area contributed by atoms with Gasteiger partial charge in [0.1, 0.15) is 0 Å². The van der Waals surface area contributed by atoms with Crippen molar-refractivity contribution in [3.63, 3.8) is 0 Å². The van der Waals surface area contributed by atoms with Crippen molar-refractivity contribution in [3.8, 4) is 0 Å². The summed E-state index contributed by atoms with van der Waals surface area (Å²) >= 11 is 0. The van der Waals surface area contributed by atoms with Crippen molar-refractivity contribution in [2.24, 2.45) is 5.73 Å². The fourth-order valence-corrected chi connectivity index (χ4v) is 3.16. The summed E-state index contributed by atoms with van der Waals surface area (Å²) in [6.07, 6.45) is 0. The van der Waals surface area contributed by atoms with Gasteiger partial charge in [-0.2, -0.15) is 0 Å². The summed E-state index contributed by atoms with van der Waals surface area (Å²) in [5.41, 5.74) is 9.07. The lowest BCUT2D eigenvalue weighted by Gasteiger charge is -2.21. The molecule has 2 N–H and O–H groups in total. The highest BCUT2D eigenvalue weighted by atomic mass is 15.2. The molecule has 0 spiro atoms. The number of hydrogen-bond donors (Lipinski definition) is 1. The molecule has 1 heterocycles. The molecule has 1 saturated heterocycles. The first kappa shape index (κ1) is 15.2. The molecule has 0 atom stereocenters. The first-order chi connectivity index (χ1) is 10.8. The summed E-state index contributed by atoms with van der Waals surface area (Å²) in [5, 5.41) is 0. The van der Waals surface area contributed by atoms with Crippen molar-refractivity contribution < 1.29 is 0 Å². The first-order valence-electron chi connectivity index (χ1n) is 8.08. The van der Waals surface area contributed by atoms with Gasteiger partial charge in [-0.25, -0.2) is 0 Å². The minimum absolute atomic E-state index is 0.218. The molecule has 0 bridgehead atoms. The van der Waals surface area contributed by atoms with Crippen molar-refractivity contribution in [3.05, 3.63) is 71.8 Å². The summed E-state index contributed by atoms with van der Waals surface area (Å²) in [6, 6.07) is 21.5. The molecule has 1 fully saturated rings. The number of nitrogens with zero attached hydrogens (tertiary/aromatic N) is 2. The van der Waals surface area contributed by atoms with Crippen molar-refractivity contribution in [1.82, 2.24) is 9.80 Å². The van der Waals surface area contributed by atoms with E-state index in [1.54, 1.807) is 0 Å². The van der Waals surface area contributed by atoms with Gasteiger partial charge in [0.2, 0.25) is 0 Å². The lowest BCUT2D eigenvalue weighted by atomic mass is 10.2. The maximum absolute atomic E-state index is 6.34. The van der Waals surface area contributed by atoms with Gasteiger partial charge in [-0.3, -0.25) is 9.80 Å². The first-order valence-corrected chi connectivity index (χ1v) is 8.08. The van der Waals surface area contributed by atoms with Crippen LogP contribution in [-0.4, -0.2) is 42.0 Å². The topological polar surface area (TPSA) is 32.5 Å². The number of benzene rings is 2. The highest BCUT2D eigenvalue weighted by Crippen LogP contribution is 2.11. The second-order valence-corrected chi connectivity index (χ2v) is 6.20. The quantitative estimate of drug-likeness (QED) is 0.939. The van der Waals surface area contributed by atoms with E-state index >= 15 is 0 Å². The van der Waals surface area contributed by atoms with E-state index in [2.05, 4.69) is 70.5 Å². The summed E-state index contributed by atoms with van der Waals surface area (Å²) < 4.78 is 0. The van der Waals surface area contributed by atoms with E-state index in [1.807, 2.05) is 0 Å². The van der Waals surface area contributed by atoms with Crippen LogP contribution in [-0.2, 0) is 13.1 Å². The number of nitrogens with two attached hydrogens (primary N) is 1. The number of hydrogen-bond acceptors (Lipinski definition) is 3. The summed E-state index contributed by atoms with van der Waals surface area (Å²) in [7, 11) is 0. The van der Waals surface area contributed by atoms with Gasteiger partial charge in [0.15, 0.2) is 0 Å². The van der Waals surface area contributed by atoms with Gasteiger partial charge >= 0.3 is 0 Å². The Morgan fingerprint density at radius 3 is 1.55 bits per heavy atom. The zero-order chi connectivity index (χ0) is 15.2. The van der Waals surface area contributed by atoms with Gasteiger partial charge < -0.3 is 5.73 Å². The van der Waals surface area contributed by atoms with Crippen molar-refractivity contribution in [2.45, 2.75) is 19.1 Å². The summed E-state index contributed by atoms with van der Waals surface area (Å²) in [4.78, 5) is 4.95. The second-order valence-electron chi connectivity index (χ2n) is 6.20. The molecule has 3 heteroatoms. The zero-order valence-corrected chi connectivity index (χ0v) is 13.1. The monoisotopic (exact) mass is 295 g/mol. The van der Waals surface area contributed by atoms with Crippen LogP contribution in [0.2, 0.25) is 0 Å². The normalized spacial score (nSPS) is 18.2. The smallest absolute Gasteiger partial charge is 0.0297 e. The van der Waals surface area contributed by atoms with Crippen molar-refractivity contribution >= 4 is 0 Å². The molecule has 3 nitrogen and oxygen atoms in total. The third-order valence-electron chi connectivity index (χ3n) is 4.22. The molecule has 3 rings (SSSR count). The molecular formula is C19H25N3. The van der Waals surface area contributed by atoms with E-state index in [1.165, 1.54) is 11.1 Å². The Bertz CT molecular complexity index is 504. The van der Waals surface area contributed by atoms with Crippen LogP contribution >= 0.6 is 0 Å². The lowest BCUT2D eigenvalue weighted by molar-refractivity contribution is 0.247. The Labute approximate surface area is 133 Å². The van der Waals surface area contributed by atoms with Gasteiger partial charge in [0, 0.05) is 45.3 Å². The fraction of sp³-hybridized carbons (Fsp3) is 0.368. The van der Waals surface area contributed by atoms with E-state index in [4.69, 9.17) is 5.73 Å². The highest BCUT2D eigenvalue weighted by molar-refractivity contribution is 5.15. The Kier molecular flexibility index (Phi) is 5.22. The predicted octanol–water partition coefficient (Wildman–Crippen LogP) is 2.33. The van der Waals surface area contributed by atoms with Crippen LogP contribution in [0.4, 0.5) is 0 Å². The SMILES string of the molecule is NC1CN(Cc2ccccc2)CCN(Cc2ccccc2)C1. The molecule has 2 aromatic rings. The Morgan fingerprint density at radius 1 is 0.727 bits per heavy atom. The van der Waals surface area contributed by atoms with Gasteiger partial charge in [-0.1, -0.05) is 60.7 Å². The summed E-state index contributed by atoms with van der Waals surface area (Å²) in [5.74, 6) is 0. The average Bonchev–Trinajstić information content (AvgIpc) is 2.70. The predicted molar refractivity (Wildman–Crippen MR) is 91.4 cm³/mol. The summed E-state index contributed by atoms with van der Waals surface area (Å²) in [6.45, 7) is 6.09. The molecule has 0 unspecified atom stereocenters. The van der Waals surface area contributed by atoms with Crippen LogP contribution in [0.15, 0.2) is 60.7 Å². The molecule has 0 aromatic heterocycles.